The van der Waals surface area contributed by atoms with E-state index < -0.39 is 10.2 Å². The van der Waals surface area contributed by atoms with Crippen LogP contribution in [0.25, 0.3) is 0 Å². The van der Waals surface area contributed by atoms with Gasteiger partial charge in [-0.3, -0.25) is 4.84 Å². The lowest BCUT2D eigenvalue weighted by molar-refractivity contribution is -0.0565. The lowest BCUT2D eigenvalue weighted by Gasteiger charge is -2.13. The maximum atomic E-state index is 10.4. The number of aliphatic hydroxyl groups excluding tert-OH is 1. The topological polar surface area (TPSA) is 92.9 Å². The molecule has 62 valence electrons. The molecule has 0 aliphatic heterocycles. The smallest absolute Gasteiger partial charge is 0.299 e. The molecule has 0 radical (unpaired) electrons. The molecule has 0 aromatic carbocycles. The molecule has 0 aromatic rings. The van der Waals surface area contributed by atoms with Crippen molar-refractivity contribution >= 4 is 10.2 Å². The number of hydroxylamine groups is 1. The van der Waals surface area contributed by atoms with Crippen LogP contribution in [0.4, 0.5) is 0 Å². The Morgan fingerprint density at radius 2 is 2.20 bits per heavy atom. The minimum atomic E-state index is -3.83. The van der Waals surface area contributed by atoms with Gasteiger partial charge in [0.05, 0.1) is 20.3 Å². The normalized spacial score (nSPS) is 12.4. The van der Waals surface area contributed by atoms with Gasteiger partial charge in [0.1, 0.15) is 0 Å². The molecule has 0 saturated heterocycles. The molecule has 0 aliphatic carbocycles. The van der Waals surface area contributed by atoms with Crippen LogP contribution in [0.2, 0.25) is 0 Å². The Kier molecular flexibility index (Phi) is 3.76. The molecule has 6 nitrogen and oxygen atoms in total. The first kappa shape index (κ1) is 9.79. The molecule has 0 heterocycles. The van der Waals surface area contributed by atoms with E-state index >= 15 is 0 Å². The summed E-state index contributed by atoms with van der Waals surface area (Å²) in [4.78, 5) is 4.32. The van der Waals surface area contributed by atoms with Gasteiger partial charge in [0.2, 0.25) is 0 Å². The van der Waals surface area contributed by atoms with Gasteiger partial charge >= 0.3 is 0 Å². The first-order valence-electron chi connectivity index (χ1n) is 2.47. The van der Waals surface area contributed by atoms with E-state index in [4.69, 9.17) is 5.11 Å². The average Bonchev–Trinajstić information content (AvgIpc) is 1.80. The third-order valence-corrected chi connectivity index (χ3v) is 1.67. The summed E-state index contributed by atoms with van der Waals surface area (Å²) < 4.78 is 21.3. The molecule has 0 rings (SSSR count). The van der Waals surface area contributed by atoms with Gasteiger partial charge < -0.3 is 5.11 Å². The van der Waals surface area contributed by atoms with Crippen LogP contribution in [0.3, 0.4) is 0 Å². The predicted molar refractivity (Wildman–Crippen MR) is 33.9 cm³/mol. The Hall–Kier alpha value is -0.210. The Balaban J connectivity index is 4.08. The molecule has 0 aromatic heterocycles. The van der Waals surface area contributed by atoms with Crippen molar-refractivity contribution in [3.8, 4) is 0 Å². The monoisotopic (exact) mass is 170 g/mol. The van der Waals surface area contributed by atoms with Gasteiger partial charge in [-0.1, -0.05) is 4.47 Å². The van der Waals surface area contributed by atoms with Crippen LogP contribution in [0.15, 0.2) is 0 Å². The zero-order valence-electron chi connectivity index (χ0n) is 5.52. The largest absolute Gasteiger partial charge is 0.395 e. The highest BCUT2D eigenvalue weighted by Gasteiger charge is 2.14. The summed E-state index contributed by atoms with van der Waals surface area (Å²) in [7, 11) is -2.67. The van der Waals surface area contributed by atoms with E-state index in [2.05, 4.69) is 9.98 Å². The molecule has 7 heteroatoms. The average molecular weight is 170 g/mol. The first-order chi connectivity index (χ1) is 4.52. The Bertz CT molecular complexity index is 177. The molecular weight excluding hydrogens is 160 g/mol. The van der Waals surface area contributed by atoms with Crippen LogP contribution in [0.1, 0.15) is 0 Å². The molecule has 0 saturated carbocycles. The van der Waals surface area contributed by atoms with Crippen LogP contribution >= 0.6 is 0 Å². The van der Waals surface area contributed by atoms with Crippen molar-refractivity contribution in [2.45, 2.75) is 0 Å². The minimum absolute atomic E-state index is 0.157. The van der Waals surface area contributed by atoms with Gasteiger partial charge in [-0.2, -0.15) is 8.42 Å². The van der Waals surface area contributed by atoms with E-state index in [0.29, 0.717) is 4.47 Å². The maximum absolute atomic E-state index is 10.4. The highest BCUT2D eigenvalue weighted by Crippen LogP contribution is 1.91. The van der Waals surface area contributed by atoms with Gasteiger partial charge in [-0.15, -0.1) is 0 Å². The van der Waals surface area contributed by atoms with Crippen molar-refractivity contribution in [1.29, 1.82) is 0 Å². The van der Waals surface area contributed by atoms with Gasteiger partial charge in [-0.05, 0) is 0 Å². The fourth-order valence-corrected chi connectivity index (χ4v) is 0.948. The van der Waals surface area contributed by atoms with E-state index in [9.17, 15) is 8.42 Å². The molecule has 0 spiro atoms. The molecule has 3 N–H and O–H groups in total. The third-order valence-electron chi connectivity index (χ3n) is 0.770. The third kappa shape index (κ3) is 3.08. The molecule has 10 heavy (non-hydrogen) atoms. The molecule has 0 amide bonds. The summed E-state index contributed by atoms with van der Waals surface area (Å²) >= 11 is 0. The van der Waals surface area contributed by atoms with Crippen molar-refractivity contribution in [3.63, 3.8) is 0 Å². The number of hydrogen-bond donors (Lipinski definition) is 2. The zero-order valence-corrected chi connectivity index (χ0v) is 6.34. The Labute approximate surface area is 59.3 Å². The van der Waals surface area contributed by atoms with Crippen LogP contribution in [0, 0.1) is 0 Å². The maximum Gasteiger partial charge on any atom is 0.299 e. The second-order valence-electron chi connectivity index (χ2n) is 1.48. The van der Waals surface area contributed by atoms with Crippen LogP contribution < -0.4 is 5.14 Å². The molecular formula is C3H10N2O4S. The van der Waals surface area contributed by atoms with Gasteiger partial charge in [0, 0.05) is 0 Å². The van der Waals surface area contributed by atoms with E-state index in [1.807, 2.05) is 0 Å². The molecule has 0 fully saturated rings. The van der Waals surface area contributed by atoms with E-state index in [1.54, 1.807) is 0 Å². The molecule has 0 atom stereocenters. The van der Waals surface area contributed by atoms with Crippen LogP contribution in [-0.2, 0) is 15.0 Å². The van der Waals surface area contributed by atoms with Gasteiger partial charge in [-0.25, -0.2) is 5.14 Å². The number of nitrogens with zero attached hydrogens (tertiary/aromatic N) is 1. The number of hydrogen-bond acceptors (Lipinski definition) is 4. The summed E-state index contributed by atoms with van der Waals surface area (Å²) in [5.41, 5.74) is 0. The lowest BCUT2D eigenvalue weighted by Crippen LogP contribution is -2.37. The highest BCUT2D eigenvalue weighted by molar-refractivity contribution is 7.86. The first-order valence-corrected chi connectivity index (χ1v) is 3.98. The SMILES string of the molecule is CON(CCO)S(N)(=O)=O. The highest BCUT2D eigenvalue weighted by atomic mass is 32.2. The minimum Gasteiger partial charge on any atom is -0.395 e. The molecule has 0 bridgehead atoms. The summed E-state index contributed by atoms with van der Waals surface area (Å²) in [6.45, 7) is -0.487. The second-order valence-corrected chi connectivity index (χ2v) is 2.91. The fourth-order valence-electron chi connectivity index (χ4n) is 0.404. The van der Waals surface area contributed by atoms with Crippen LogP contribution in [0.5, 0.6) is 0 Å². The van der Waals surface area contributed by atoms with Crippen molar-refractivity contribution in [1.82, 2.24) is 4.47 Å². The van der Waals surface area contributed by atoms with Crippen molar-refractivity contribution < 1.29 is 18.4 Å². The van der Waals surface area contributed by atoms with Crippen molar-refractivity contribution in [2.75, 3.05) is 20.3 Å². The zero-order chi connectivity index (χ0) is 8.20. The van der Waals surface area contributed by atoms with Crippen molar-refractivity contribution in [2.24, 2.45) is 5.14 Å². The Morgan fingerprint density at radius 3 is 2.30 bits per heavy atom. The standard InChI is InChI=1S/C3H10N2O4S/c1-9-5(2-3-6)10(4,7)8/h6H,2-3H2,1H3,(H2,4,7,8). The number of aliphatic hydroxyl groups is 1. The number of rotatable bonds is 4. The van der Waals surface area contributed by atoms with Crippen molar-refractivity contribution in [3.05, 3.63) is 0 Å². The van der Waals surface area contributed by atoms with E-state index in [0.717, 1.165) is 7.11 Å². The second kappa shape index (κ2) is 3.84. The van der Waals surface area contributed by atoms with E-state index in [1.165, 1.54) is 0 Å². The van der Waals surface area contributed by atoms with Gasteiger partial charge in [0.25, 0.3) is 10.2 Å². The summed E-state index contributed by atoms with van der Waals surface area (Å²) in [5.74, 6) is 0. The Morgan fingerprint density at radius 1 is 1.70 bits per heavy atom. The van der Waals surface area contributed by atoms with Gasteiger partial charge in [0.15, 0.2) is 0 Å². The predicted octanol–water partition coefficient (Wildman–Crippen LogP) is -1.95. The molecule has 0 aliphatic rings. The number of nitrogens with two attached hydrogens (primary N) is 1. The molecule has 0 unspecified atom stereocenters. The van der Waals surface area contributed by atoms with E-state index in [-0.39, 0.29) is 13.2 Å². The quantitative estimate of drug-likeness (QED) is 0.479. The summed E-state index contributed by atoms with van der Waals surface area (Å²) in [5, 5.41) is 12.9. The summed E-state index contributed by atoms with van der Waals surface area (Å²) in [6, 6.07) is 0. The summed E-state index contributed by atoms with van der Waals surface area (Å²) in [6.07, 6.45) is 0. The van der Waals surface area contributed by atoms with Crippen LogP contribution in [-0.4, -0.2) is 38.3 Å². The fraction of sp³-hybridized carbons (Fsp3) is 1.00. The lowest BCUT2D eigenvalue weighted by atomic mass is 10.7.